The van der Waals surface area contributed by atoms with Crippen molar-refractivity contribution in [1.29, 1.82) is 0 Å². The van der Waals surface area contributed by atoms with Gasteiger partial charge in [-0.3, -0.25) is 9.59 Å². The Kier molecular flexibility index (Phi) is 9.18. The van der Waals surface area contributed by atoms with E-state index in [1.807, 2.05) is 28.5 Å². The van der Waals surface area contributed by atoms with Gasteiger partial charge in [-0.15, -0.1) is 0 Å². The van der Waals surface area contributed by atoms with Crippen LogP contribution in [0.15, 0.2) is 0 Å². The molecular formula is C14H25NO3S2. The summed E-state index contributed by atoms with van der Waals surface area (Å²) in [6, 6.07) is 0.0728. The highest BCUT2D eigenvalue weighted by molar-refractivity contribution is 8.77. The molecule has 1 aliphatic rings. The third-order valence-corrected chi connectivity index (χ3v) is 6.35. The second-order valence-electron chi connectivity index (χ2n) is 5.33. The highest BCUT2D eigenvalue weighted by atomic mass is 33.1. The molecule has 116 valence electrons. The zero-order valence-electron chi connectivity index (χ0n) is 12.1. The van der Waals surface area contributed by atoms with Crippen LogP contribution < -0.4 is 5.32 Å². The van der Waals surface area contributed by atoms with E-state index in [1.54, 1.807) is 0 Å². The first-order valence-electron chi connectivity index (χ1n) is 7.37. The minimum absolute atomic E-state index is 0.0728. The summed E-state index contributed by atoms with van der Waals surface area (Å²) < 4.78 is 0. The van der Waals surface area contributed by atoms with Crippen molar-refractivity contribution in [2.24, 2.45) is 0 Å². The van der Waals surface area contributed by atoms with Gasteiger partial charge in [0.05, 0.1) is 0 Å². The van der Waals surface area contributed by atoms with Crippen molar-refractivity contribution in [3.63, 3.8) is 0 Å². The summed E-state index contributed by atoms with van der Waals surface area (Å²) in [4.78, 5) is 22.1. The minimum Gasteiger partial charge on any atom is -0.481 e. The second-order valence-corrected chi connectivity index (χ2v) is 8.12. The monoisotopic (exact) mass is 319 g/mol. The molecule has 4 nitrogen and oxygen atoms in total. The normalized spacial score (nSPS) is 19.8. The van der Waals surface area contributed by atoms with E-state index in [0.717, 1.165) is 24.5 Å². The largest absolute Gasteiger partial charge is 0.481 e. The van der Waals surface area contributed by atoms with Crippen LogP contribution >= 0.6 is 21.6 Å². The number of amides is 1. The number of hydrogen-bond donors (Lipinski definition) is 2. The molecular weight excluding hydrogens is 294 g/mol. The van der Waals surface area contributed by atoms with Gasteiger partial charge in [-0.05, 0) is 39.0 Å². The lowest BCUT2D eigenvalue weighted by atomic mass is 10.1. The lowest BCUT2D eigenvalue weighted by Crippen LogP contribution is -2.32. The van der Waals surface area contributed by atoms with Gasteiger partial charge in [0.25, 0.3) is 0 Å². The van der Waals surface area contributed by atoms with Crippen LogP contribution in [0.25, 0.3) is 0 Å². The quantitative estimate of drug-likeness (QED) is 0.477. The zero-order valence-corrected chi connectivity index (χ0v) is 13.7. The van der Waals surface area contributed by atoms with E-state index in [0.29, 0.717) is 12.8 Å². The molecule has 2 N–H and O–H groups in total. The Balaban J connectivity index is 1.97. The van der Waals surface area contributed by atoms with E-state index in [2.05, 4.69) is 5.32 Å². The lowest BCUT2D eigenvalue weighted by Gasteiger charge is -2.13. The highest BCUT2D eigenvalue weighted by Crippen LogP contribution is 2.39. The first kappa shape index (κ1) is 17.7. The molecule has 2 unspecified atom stereocenters. The molecule has 0 spiro atoms. The van der Waals surface area contributed by atoms with Gasteiger partial charge in [0.1, 0.15) is 0 Å². The number of carbonyl (C=O) groups excluding carboxylic acids is 1. The molecule has 0 aromatic carbocycles. The third-order valence-electron chi connectivity index (χ3n) is 3.34. The number of nitrogens with one attached hydrogen (secondary N) is 1. The Bertz CT molecular complexity index is 307. The molecule has 20 heavy (non-hydrogen) atoms. The Morgan fingerprint density at radius 1 is 1.30 bits per heavy atom. The van der Waals surface area contributed by atoms with Crippen molar-refractivity contribution < 1.29 is 14.7 Å². The van der Waals surface area contributed by atoms with Gasteiger partial charge >= 0.3 is 5.97 Å². The summed E-state index contributed by atoms with van der Waals surface area (Å²) in [5.74, 6) is 0.594. The van der Waals surface area contributed by atoms with Gasteiger partial charge in [0.2, 0.25) is 5.91 Å². The van der Waals surface area contributed by atoms with Crippen LogP contribution in [-0.2, 0) is 9.59 Å². The van der Waals surface area contributed by atoms with Crippen LogP contribution in [0.4, 0.5) is 0 Å². The molecule has 0 bridgehead atoms. The topological polar surface area (TPSA) is 66.4 Å². The Morgan fingerprint density at radius 3 is 2.75 bits per heavy atom. The molecule has 0 aromatic rings. The molecule has 1 aliphatic heterocycles. The lowest BCUT2D eigenvalue weighted by molar-refractivity contribution is -0.137. The third kappa shape index (κ3) is 8.74. The predicted molar refractivity (Wildman–Crippen MR) is 86.0 cm³/mol. The molecule has 1 fully saturated rings. The van der Waals surface area contributed by atoms with Crippen LogP contribution in [0, 0.1) is 0 Å². The Hall–Kier alpha value is -0.360. The maximum absolute atomic E-state index is 11.7. The van der Waals surface area contributed by atoms with E-state index < -0.39 is 5.97 Å². The van der Waals surface area contributed by atoms with Gasteiger partial charge in [-0.2, -0.15) is 0 Å². The van der Waals surface area contributed by atoms with Crippen molar-refractivity contribution in [2.45, 2.75) is 69.6 Å². The van der Waals surface area contributed by atoms with Gasteiger partial charge in [0.15, 0.2) is 0 Å². The minimum atomic E-state index is -0.772. The van der Waals surface area contributed by atoms with E-state index in [9.17, 15) is 9.59 Å². The first-order chi connectivity index (χ1) is 9.58. The fourth-order valence-electron chi connectivity index (χ4n) is 2.20. The molecule has 0 aliphatic carbocycles. The number of carboxylic acid groups (broad SMARTS) is 1. The summed E-state index contributed by atoms with van der Waals surface area (Å²) in [5, 5.41) is 12.3. The van der Waals surface area contributed by atoms with E-state index in [-0.39, 0.29) is 18.4 Å². The highest BCUT2D eigenvalue weighted by Gasteiger charge is 2.16. The van der Waals surface area contributed by atoms with Crippen LogP contribution in [0.1, 0.15) is 58.3 Å². The van der Waals surface area contributed by atoms with Crippen molar-refractivity contribution in [2.75, 3.05) is 5.75 Å². The zero-order chi connectivity index (χ0) is 14.8. The van der Waals surface area contributed by atoms with Crippen LogP contribution in [0.5, 0.6) is 0 Å². The molecule has 0 radical (unpaired) electrons. The first-order valence-corrected chi connectivity index (χ1v) is 9.75. The average Bonchev–Trinajstić information content (AvgIpc) is 2.87. The SMILES string of the molecule is CC(CCCC(=O)O)NC(=O)CCCCC1CCSS1. The second kappa shape index (κ2) is 10.4. The summed E-state index contributed by atoms with van der Waals surface area (Å²) in [6.07, 6.45) is 6.72. The van der Waals surface area contributed by atoms with Gasteiger partial charge in [-0.1, -0.05) is 28.0 Å². The van der Waals surface area contributed by atoms with E-state index in [4.69, 9.17) is 5.11 Å². The summed E-state index contributed by atoms with van der Waals surface area (Å²) in [5.41, 5.74) is 0. The van der Waals surface area contributed by atoms with Crippen molar-refractivity contribution >= 4 is 33.5 Å². The summed E-state index contributed by atoms with van der Waals surface area (Å²) >= 11 is 0. The number of unbranched alkanes of at least 4 members (excludes halogenated alkanes) is 1. The smallest absolute Gasteiger partial charge is 0.303 e. The maximum atomic E-state index is 11.7. The number of aliphatic carboxylic acids is 1. The Morgan fingerprint density at radius 2 is 2.10 bits per heavy atom. The fraction of sp³-hybridized carbons (Fsp3) is 0.857. The fourth-order valence-corrected chi connectivity index (χ4v) is 5.23. The predicted octanol–water partition coefficient (Wildman–Crippen LogP) is 3.46. The molecule has 0 aromatic heterocycles. The number of carbonyl (C=O) groups is 2. The molecule has 1 heterocycles. The summed E-state index contributed by atoms with van der Waals surface area (Å²) in [6.45, 7) is 1.94. The summed E-state index contributed by atoms with van der Waals surface area (Å²) in [7, 11) is 3.95. The van der Waals surface area contributed by atoms with Crippen LogP contribution in [0.2, 0.25) is 0 Å². The number of carboxylic acids is 1. The molecule has 2 atom stereocenters. The van der Waals surface area contributed by atoms with Gasteiger partial charge < -0.3 is 10.4 Å². The molecule has 6 heteroatoms. The van der Waals surface area contributed by atoms with Gasteiger partial charge in [0, 0.05) is 29.9 Å². The molecule has 1 saturated heterocycles. The molecule has 0 saturated carbocycles. The van der Waals surface area contributed by atoms with E-state index >= 15 is 0 Å². The van der Waals surface area contributed by atoms with Crippen LogP contribution in [-0.4, -0.2) is 34.0 Å². The average molecular weight is 319 g/mol. The van der Waals surface area contributed by atoms with Crippen molar-refractivity contribution in [3.05, 3.63) is 0 Å². The molecule has 1 rings (SSSR count). The standard InChI is InChI=1S/C14H25NO3S2/c1-11(5-4-8-14(17)18)15-13(16)7-3-2-6-12-9-10-19-20-12/h11-12H,2-10H2,1H3,(H,15,16)(H,17,18). The van der Waals surface area contributed by atoms with E-state index in [1.165, 1.54) is 18.6 Å². The van der Waals surface area contributed by atoms with Crippen LogP contribution in [0.3, 0.4) is 0 Å². The van der Waals surface area contributed by atoms with Crippen molar-refractivity contribution in [1.82, 2.24) is 5.32 Å². The molecule has 1 amide bonds. The maximum Gasteiger partial charge on any atom is 0.303 e. The number of rotatable bonds is 10. The Labute approximate surface area is 129 Å². The van der Waals surface area contributed by atoms with Gasteiger partial charge in [-0.25, -0.2) is 0 Å². The number of hydrogen-bond acceptors (Lipinski definition) is 4. The van der Waals surface area contributed by atoms with Crippen molar-refractivity contribution in [3.8, 4) is 0 Å².